The van der Waals surface area contributed by atoms with E-state index in [4.69, 9.17) is 5.14 Å². The average molecular weight is 237 g/mol. The fourth-order valence-corrected chi connectivity index (χ4v) is 2.21. The molecule has 2 nitrogen and oxygen atoms in total. The molecule has 0 fully saturated rings. The summed E-state index contributed by atoms with van der Waals surface area (Å²) in [6, 6.07) is 10.2. The van der Waals surface area contributed by atoms with Gasteiger partial charge in [-0.1, -0.05) is 36.4 Å². The van der Waals surface area contributed by atoms with Crippen molar-refractivity contribution in [2.24, 2.45) is 5.14 Å². The van der Waals surface area contributed by atoms with E-state index in [0.29, 0.717) is 5.92 Å². The quantitative estimate of drug-likeness (QED) is 0.760. The van der Waals surface area contributed by atoms with Gasteiger partial charge >= 0.3 is 0 Å². The van der Waals surface area contributed by atoms with Crippen LogP contribution in [0.5, 0.6) is 0 Å². The summed E-state index contributed by atoms with van der Waals surface area (Å²) < 4.78 is 11.2. The van der Waals surface area contributed by atoms with Crippen molar-refractivity contribution >= 4 is 11.0 Å². The summed E-state index contributed by atoms with van der Waals surface area (Å²) in [5, 5.41) is 5.42. The third kappa shape index (κ3) is 3.91. The van der Waals surface area contributed by atoms with Gasteiger partial charge in [-0.05, 0) is 31.2 Å². The molecule has 16 heavy (non-hydrogen) atoms. The Labute approximate surface area is 100 Å². The van der Waals surface area contributed by atoms with Crippen molar-refractivity contribution in [1.29, 1.82) is 0 Å². The average Bonchev–Trinajstić information content (AvgIpc) is 2.29. The van der Waals surface area contributed by atoms with Crippen molar-refractivity contribution in [3.63, 3.8) is 0 Å². The van der Waals surface area contributed by atoms with Crippen LogP contribution in [-0.4, -0.2) is 9.46 Å². The maximum Gasteiger partial charge on any atom is 0.0917 e. The first kappa shape index (κ1) is 13.1. The molecule has 1 aromatic rings. The van der Waals surface area contributed by atoms with Crippen LogP contribution in [0.3, 0.4) is 0 Å². The molecule has 1 rings (SSSR count). The third-order valence-corrected chi connectivity index (χ3v) is 3.72. The van der Waals surface area contributed by atoms with Crippen molar-refractivity contribution in [3.05, 3.63) is 48.6 Å². The van der Waals surface area contributed by atoms with E-state index in [1.165, 1.54) is 5.56 Å². The van der Waals surface area contributed by atoms with Crippen LogP contribution in [0.15, 0.2) is 43.0 Å². The molecule has 0 heterocycles. The molecule has 0 radical (unpaired) electrons. The minimum atomic E-state index is -1.24. The fourth-order valence-electron chi connectivity index (χ4n) is 1.79. The summed E-state index contributed by atoms with van der Waals surface area (Å²) in [5.74, 6) is 0.362. The van der Waals surface area contributed by atoms with Gasteiger partial charge in [0, 0.05) is 5.25 Å². The maximum atomic E-state index is 11.2. The number of hydrogen-bond donors (Lipinski definition) is 1. The van der Waals surface area contributed by atoms with Crippen molar-refractivity contribution in [2.45, 2.75) is 30.9 Å². The predicted octanol–water partition coefficient (Wildman–Crippen LogP) is 2.75. The molecule has 3 atom stereocenters. The highest BCUT2D eigenvalue weighted by atomic mass is 32.2. The lowest BCUT2D eigenvalue weighted by Crippen LogP contribution is -2.20. The van der Waals surface area contributed by atoms with Gasteiger partial charge in [0.25, 0.3) is 0 Å². The second kappa shape index (κ2) is 6.61. The Morgan fingerprint density at radius 1 is 1.44 bits per heavy atom. The molecule has 0 aliphatic carbocycles. The minimum absolute atomic E-state index is 0.0187. The van der Waals surface area contributed by atoms with E-state index in [9.17, 15) is 4.21 Å². The highest BCUT2D eigenvalue weighted by Crippen LogP contribution is 2.26. The van der Waals surface area contributed by atoms with Gasteiger partial charge < -0.3 is 0 Å². The van der Waals surface area contributed by atoms with Crippen molar-refractivity contribution in [2.75, 3.05) is 0 Å². The Bertz CT molecular complexity index is 350. The zero-order valence-corrected chi connectivity index (χ0v) is 10.5. The smallest absolute Gasteiger partial charge is 0.0917 e. The number of rotatable bonds is 6. The number of benzene rings is 1. The molecule has 0 bridgehead atoms. The number of nitrogens with two attached hydrogens (primary N) is 1. The number of hydrogen-bond acceptors (Lipinski definition) is 1. The first-order valence-corrected chi connectivity index (χ1v) is 6.73. The van der Waals surface area contributed by atoms with Gasteiger partial charge in [0.1, 0.15) is 0 Å². The molecular weight excluding hydrogens is 218 g/mol. The Hall–Kier alpha value is -0.930. The normalized spacial score (nSPS) is 16.4. The Balaban J connectivity index is 2.75. The third-order valence-electron chi connectivity index (χ3n) is 2.74. The second-order valence-electron chi connectivity index (χ2n) is 4.01. The highest BCUT2D eigenvalue weighted by Gasteiger charge is 2.16. The van der Waals surface area contributed by atoms with Crippen LogP contribution < -0.4 is 5.14 Å². The summed E-state index contributed by atoms with van der Waals surface area (Å²) in [4.78, 5) is 0. The molecule has 0 aromatic heterocycles. The van der Waals surface area contributed by atoms with Crippen LogP contribution in [0.1, 0.15) is 31.2 Å². The lowest BCUT2D eigenvalue weighted by molar-refractivity contribution is 0.609. The van der Waals surface area contributed by atoms with Crippen molar-refractivity contribution < 1.29 is 4.21 Å². The first-order chi connectivity index (χ1) is 7.65. The molecule has 0 saturated heterocycles. The maximum absolute atomic E-state index is 11.2. The lowest BCUT2D eigenvalue weighted by Gasteiger charge is -2.18. The molecule has 0 aliphatic heterocycles. The first-order valence-electron chi connectivity index (χ1n) is 5.46. The van der Waals surface area contributed by atoms with Gasteiger partial charge in [-0.2, -0.15) is 0 Å². The van der Waals surface area contributed by atoms with Gasteiger partial charge in [0.05, 0.1) is 11.0 Å². The summed E-state index contributed by atoms with van der Waals surface area (Å²) in [6.07, 6.45) is 3.63. The fraction of sp³-hybridized carbons (Fsp3) is 0.385. The van der Waals surface area contributed by atoms with Crippen LogP contribution in [0.25, 0.3) is 0 Å². The zero-order valence-electron chi connectivity index (χ0n) is 9.63. The molecule has 0 saturated carbocycles. The highest BCUT2D eigenvalue weighted by molar-refractivity contribution is 7.83. The molecule has 1 aromatic carbocycles. The summed E-state index contributed by atoms with van der Waals surface area (Å²) in [7, 11) is -1.24. The Morgan fingerprint density at radius 2 is 2.06 bits per heavy atom. The topological polar surface area (TPSA) is 43.1 Å². The molecular formula is C13H19NOS. The van der Waals surface area contributed by atoms with Gasteiger partial charge in [0.2, 0.25) is 0 Å². The van der Waals surface area contributed by atoms with Gasteiger partial charge in [-0.3, -0.25) is 5.14 Å². The van der Waals surface area contributed by atoms with Gasteiger partial charge in [-0.15, -0.1) is 6.58 Å². The van der Waals surface area contributed by atoms with E-state index in [-0.39, 0.29) is 5.25 Å². The van der Waals surface area contributed by atoms with Gasteiger partial charge in [0.15, 0.2) is 0 Å². The molecule has 0 aliphatic rings. The van der Waals surface area contributed by atoms with Gasteiger partial charge in [-0.25, -0.2) is 4.21 Å². The SMILES string of the molecule is C=CC[C@@H](CC(C)S(N)=O)c1ccccc1. The van der Waals surface area contributed by atoms with Crippen LogP contribution >= 0.6 is 0 Å². The minimum Gasteiger partial charge on any atom is -0.252 e. The summed E-state index contributed by atoms with van der Waals surface area (Å²) in [6.45, 7) is 5.70. The van der Waals surface area contributed by atoms with Crippen molar-refractivity contribution in [3.8, 4) is 0 Å². The standard InChI is InChI=1S/C13H19NOS/c1-3-7-13(10-11(2)16(14)15)12-8-5-4-6-9-12/h3-6,8-9,11,13H,1,7,10,14H2,2H3/t11?,13-,16?/m0/s1. The lowest BCUT2D eigenvalue weighted by atomic mass is 9.91. The Kier molecular flexibility index (Phi) is 5.43. The summed E-state index contributed by atoms with van der Waals surface area (Å²) in [5.41, 5.74) is 1.26. The Morgan fingerprint density at radius 3 is 2.56 bits per heavy atom. The van der Waals surface area contributed by atoms with E-state index in [1.54, 1.807) is 0 Å². The molecule has 0 amide bonds. The zero-order chi connectivity index (χ0) is 12.0. The predicted molar refractivity (Wildman–Crippen MR) is 70.4 cm³/mol. The molecule has 0 spiro atoms. The van der Waals surface area contributed by atoms with Crippen LogP contribution in [-0.2, 0) is 11.0 Å². The van der Waals surface area contributed by atoms with E-state index in [2.05, 4.69) is 18.7 Å². The van der Waals surface area contributed by atoms with Crippen LogP contribution in [0.2, 0.25) is 0 Å². The van der Waals surface area contributed by atoms with Crippen molar-refractivity contribution in [1.82, 2.24) is 0 Å². The molecule has 3 heteroatoms. The monoisotopic (exact) mass is 237 g/mol. The second-order valence-corrected chi connectivity index (χ2v) is 5.47. The molecule has 88 valence electrons. The van der Waals surface area contributed by atoms with E-state index in [1.807, 2.05) is 31.2 Å². The van der Waals surface area contributed by atoms with E-state index in [0.717, 1.165) is 12.8 Å². The molecule has 2 N–H and O–H groups in total. The largest absolute Gasteiger partial charge is 0.252 e. The van der Waals surface area contributed by atoms with Crippen LogP contribution in [0.4, 0.5) is 0 Å². The molecule has 2 unspecified atom stereocenters. The van der Waals surface area contributed by atoms with Crippen LogP contribution in [0, 0.1) is 0 Å². The number of allylic oxidation sites excluding steroid dienone is 1. The van der Waals surface area contributed by atoms with E-state index >= 15 is 0 Å². The van der Waals surface area contributed by atoms with E-state index < -0.39 is 11.0 Å². The summed E-state index contributed by atoms with van der Waals surface area (Å²) >= 11 is 0.